The van der Waals surface area contributed by atoms with E-state index < -0.39 is 10.0 Å². The highest BCUT2D eigenvalue weighted by Crippen LogP contribution is 2.37. The van der Waals surface area contributed by atoms with Crippen molar-refractivity contribution in [3.05, 3.63) is 120 Å². The zero-order valence-electron chi connectivity index (χ0n) is 24.2. The fourth-order valence-corrected chi connectivity index (χ4v) is 5.73. The summed E-state index contributed by atoms with van der Waals surface area (Å²) < 4.78 is 52.7. The number of anilines is 1. The van der Waals surface area contributed by atoms with Crippen molar-refractivity contribution in [2.45, 2.75) is 18.7 Å². The van der Waals surface area contributed by atoms with Gasteiger partial charge in [0.1, 0.15) is 17.2 Å². The Bertz CT molecular complexity index is 1900. The summed E-state index contributed by atoms with van der Waals surface area (Å²) in [6, 6.07) is 30.8. The van der Waals surface area contributed by atoms with Gasteiger partial charge in [0, 0.05) is 22.6 Å². The van der Waals surface area contributed by atoms with Gasteiger partial charge in [0.25, 0.3) is 10.0 Å². The summed E-state index contributed by atoms with van der Waals surface area (Å²) in [5.74, 6) is 1.64. The van der Waals surface area contributed by atoms with Gasteiger partial charge in [-0.25, -0.2) is 8.42 Å². The number of fused-ring (bicyclic) bond motifs is 1. The fourth-order valence-electron chi connectivity index (χ4n) is 4.43. The van der Waals surface area contributed by atoms with Gasteiger partial charge < -0.3 is 18.9 Å². The van der Waals surface area contributed by atoms with E-state index in [1.807, 2.05) is 32.0 Å². The van der Waals surface area contributed by atoms with Crippen LogP contribution < -0.4 is 14.2 Å². The minimum absolute atomic E-state index is 0.0420. The van der Waals surface area contributed by atoms with Crippen LogP contribution in [-0.4, -0.2) is 33.4 Å². The van der Waals surface area contributed by atoms with E-state index in [9.17, 15) is 8.42 Å². The fraction of sp³-hybridized carbons (Fsp3) is 0.118. The van der Waals surface area contributed by atoms with Gasteiger partial charge in [-0.05, 0) is 86.0 Å². The largest absolute Gasteiger partial charge is 0.478 e. The number of hydrogen-bond acceptors (Lipinski definition) is 8. The van der Waals surface area contributed by atoms with Gasteiger partial charge in [-0.1, -0.05) is 36.4 Å². The topological polar surface area (TPSA) is 131 Å². The van der Waals surface area contributed by atoms with Gasteiger partial charge >= 0.3 is 0 Å². The highest BCUT2D eigenvalue weighted by Gasteiger charge is 2.20. The predicted octanol–water partition coefficient (Wildman–Crippen LogP) is 7.95. The van der Waals surface area contributed by atoms with Crippen LogP contribution in [0.4, 0.5) is 5.69 Å². The standard InChI is InChI=1S/C34H31N3O6S/c1-3-40-33(35)24-12-16-26(17-13-24)42-28-20-21-30(31(22-28)43-27-18-14-25(15-19-27)34(36)41-4-2)37-44(38,39)32-11-7-9-23-8-5-6-10-29(23)32/h5-22,35-37H,3-4H2,1-2H3. The van der Waals surface area contributed by atoms with Crippen LogP contribution in [0.25, 0.3) is 10.8 Å². The van der Waals surface area contributed by atoms with Crippen LogP contribution in [0.15, 0.2) is 114 Å². The first-order valence-corrected chi connectivity index (χ1v) is 15.4. The Morgan fingerprint density at radius 2 is 1.20 bits per heavy atom. The van der Waals surface area contributed by atoms with E-state index >= 15 is 0 Å². The highest BCUT2D eigenvalue weighted by molar-refractivity contribution is 7.93. The summed E-state index contributed by atoms with van der Waals surface area (Å²) in [6.07, 6.45) is 0. The summed E-state index contributed by atoms with van der Waals surface area (Å²) in [6.45, 7) is 4.40. The number of rotatable bonds is 11. The Morgan fingerprint density at radius 1 is 0.659 bits per heavy atom. The van der Waals surface area contributed by atoms with Crippen molar-refractivity contribution in [1.29, 1.82) is 10.8 Å². The SMILES string of the molecule is CCOC(=N)c1ccc(Oc2ccc(NS(=O)(=O)c3cccc4ccccc34)c(Oc3ccc(C(=N)OCC)cc3)c2)cc1. The second-order valence-electron chi connectivity index (χ2n) is 9.52. The molecule has 224 valence electrons. The van der Waals surface area contributed by atoms with E-state index in [0.29, 0.717) is 47.0 Å². The zero-order valence-corrected chi connectivity index (χ0v) is 25.0. The molecule has 0 aliphatic carbocycles. The van der Waals surface area contributed by atoms with Crippen LogP contribution in [-0.2, 0) is 19.5 Å². The smallest absolute Gasteiger partial charge is 0.262 e. The van der Waals surface area contributed by atoms with Gasteiger partial charge in [-0.3, -0.25) is 15.5 Å². The third-order valence-corrected chi connectivity index (χ3v) is 7.93. The lowest BCUT2D eigenvalue weighted by atomic mass is 10.1. The van der Waals surface area contributed by atoms with E-state index in [1.54, 1.807) is 91.0 Å². The lowest BCUT2D eigenvalue weighted by Crippen LogP contribution is -2.14. The van der Waals surface area contributed by atoms with E-state index in [4.69, 9.17) is 29.8 Å². The molecular weight excluding hydrogens is 578 g/mol. The second-order valence-corrected chi connectivity index (χ2v) is 11.2. The maximum Gasteiger partial charge on any atom is 0.262 e. The summed E-state index contributed by atoms with van der Waals surface area (Å²) in [4.78, 5) is 0.137. The van der Waals surface area contributed by atoms with Crippen LogP contribution >= 0.6 is 0 Å². The molecule has 10 heteroatoms. The van der Waals surface area contributed by atoms with Crippen molar-refractivity contribution < 1.29 is 27.4 Å². The molecule has 0 radical (unpaired) electrons. The van der Waals surface area contributed by atoms with Crippen LogP contribution in [0.1, 0.15) is 25.0 Å². The summed E-state index contributed by atoms with van der Waals surface area (Å²) >= 11 is 0. The number of hydrogen-bond donors (Lipinski definition) is 3. The van der Waals surface area contributed by atoms with Crippen molar-refractivity contribution in [2.24, 2.45) is 0 Å². The van der Waals surface area contributed by atoms with E-state index in [1.165, 1.54) is 0 Å². The first-order chi connectivity index (χ1) is 21.3. The summed E-state index contributed by atoms with van der Waals surface area (Å²) in [5.41, 5.74) is 1.40. The average molecular weight is 610 g/mol. The summed E-state index contributed by atoms with van der Waals surface area (Å²) in [7, 11) is -4.02. The molecule has 0 aliphatic heterocycles. The average Bonchev–Trinajstić information content (AvgIpc) is 3.03. The Hall–Kier alpha value is -5.35. The van der Waals surface area contributed by atoms with Gasteiger partial charge in [-0.2, -0.15) is 0 Å². The van der Waals surface area contributed by atoms with Gasteiger partial charge in [0.05, 0.1) is 23.8 Å². The van der Waals surface area contributed by atoms with Crippen molar-refractivity contribution in [2.75, 3.05) is 17.9 Å². The van der Waals surface area contributed by atoms with Gasteiger partial charge in [0.15, 0.2) is 5.75 Å². The van der Waals surface area contributed by atoms with E-state index in [-0.39, 0.29) is 28.1 Å². The Kier molecular flexibility index (Phi) is 9.11. The quantitative estimate of drug-likeness (QED) is 0.103. The Morgan fingerprint density at radius 3 is 1.82 bits per heavy atom. The number of benzene rings is 5. The molecule has 0 bridgehead atoms. The summed E-state index contributed by atoms with van der Waals surface area (Å²) in [5, 5.41) is 17.4. The minimum Gasteiger partial charge on any atom is -0.478 e. The first-order valence-electron chi connectivity index (χ1n) is 13.9. The molecule has 5 aromatic rings. The Labute approximate surface area is 256 Å². The molecule has 0 aromatic heterocycles. The predicted molar refractivity (Wildman–Crippen MR) is 171 cm³/mol. The first kappa shape index (κ1) is 30.1. The monoisotopic (exact) mass is 609 g/mol. The molecule has 0 atom stereocenters. The number of ether oxygens (including phenoxy) is 4. The van der Waals surface area contributed by atoms with Crippen molar-refractivity contribution >= 4 is 38.3 Å². The Balaban J connectivity index is 1.46. The van der Waals surface area contributed by atoms with E-state index in [2.05, 4.69) is 4.72 Å². The normalized spacial score (nSPS) is 11.0. The maximum atomic E-state index is 13.6. The molecule has 3 N–H and O–H groups in total. The van der Waals surface area contributed by atoms with Crippen molar-refractivity contribution in [3.8, 4) is 23.0 Å². The molecule has 9 nitrogen and oxygen atoms in total. The molecule has 5 rings (SSSR count). The zero-order chi connectivity index (χ0) is 31.1. The second kappa shape index (κ2) is 13.3. The minimum atomic E-state index is -4.02. The molecule has 0 fully saturated rings. The van der Waals surface area contributed by atoms with Crippen LogP contribution in [0, 0.1) is 10.8 Å². The molecule has 0 amide bonds. The third-order valence-electron chi connectivity index (χ3n) is 6.51. The van der Waals surface area contributed by atoms with E-state index in [0.717, 1.165) is 5.39 Å². The number of nitrogens with one attached hydrogen (secondary N) is 3. The third kappa shape index (κ3) is 6.99. The molecular formula is C34H31N3O6S. The highest BCUT2D eigenvalue weighted by atomic mass is 32.2. The molecule has 0 aliphatic rings. The molecule has 0 unspecified atom stereocenters. The van der Waals surface area contributed by atoms with Crippen molar-refractivity contribution in [3.63, 3.8) is 0 Å². The molecule has 0 spiro atoms. The van der Waals surface area contributed by atoms with Crippen LogP contribution in [0.5, 0.6) is 23.0 Å². The lowest BCUT2D eigenvalue weighted by Gasteiger charge is -2.16. The van der Waals surface area contributed by atoms with Crippen LogP contribution in [0.3, 0.4) is 0 Å². The number of sulfonamides is 1. The lowest BCUT2D eigenvalue weighted by molar-refractivity contribution is 0.325. The molecule has 5 aromatic carbocycles. The van der Waals surface area contributed by atoms with Gasteiger partial charge in [-0.15, -0.1) is 0 Å². The van der Waals surface area contributed by atoms with Crippen LogP contribution in [0.2, 0.25) is 0 Å². The molecule has 0 heterocycles. The van der Waals surface area contributed by atoms with Gasteiger partial charge in [0.2, 0.25) is 11.8 Å². The molecule has 0 saturated heterocycles. The van der Waals surface area contributed by atoms with Crippen molar-refractivity contribution in [1.82, 2.24) is 0 Å². The molecule has 44 heavy (non-hydrogen) atoms. The maximum absolute atomic E-state index is 13.6. The molecule has 0 saturated carbocycles.